The summed E-state index contributed by atoms with van der Waals surface area (Å²) in [5.74, 6) is 1.07. The Labute approximate surface area is 165 Å². The first-order chi connectivity index (χ1) is 14.1. The molecule has 2 aromatic heterocycles. The van der Waals surface area contributed by atoms with Gasteiger partial charge in [0, 0.05) is 17.5 Å². The topological polar surface area (TPSA) is 95.6 Å². The van der Waals surface area contributed by atoms with Crippen LogP contribution in [0.2, 0.25) is 0 Å². The number of amides is 1. The first kappa shape index (κ1) is 18.5. The fourth-order valence-corrected chi connectivity index (χ4v) is 3.25. The number of nitrogens with zero attached hydrogens (tertiary/aromatic N) is 2. The molecule has 8 nitrogen and oxygen atoms in total. The van der Waals surface area contributed by atoms with Crippen molar-refractivity contribution < 1.29 is 18.7 Å². The van der Waals surface area contributed by atoms with E-state index in [1.807, 2.05) is 12.1 Å². The Hall–Kier alpha value is -3.81. The van der Waals surface area contributed by atoms with Crippen LogP contribution in [0.3, 0.4) is 0 Å². The van der Waals surface area contributed by atoms with E-state index >= 15 is 0 Å². The quantitative estimate of drug-likeness (QED) is 0.506. The number of nitrogens with one attached hydrogen (secondary N) is 1. The summed E-state index contributed by atoms with van der Waals surface area (Å²) in [6, 6.07) is 12.5. The third kappa shape index (κ3) is 3.52. The third-order valence-electron chi connectivity index (χ3n) is 4.66. The predicted molar refractivity (Wildman–Crippen MR) is 107 cm³/mol. The van der Waals surface area contributed by atoms with Crippen molar-refractivity contribution in [2.75, 3.05) is 14.2 Å². The molecule has 1 amide bonds. The lowest BCUT2D eigenvalue weighted by atomic mass is 10.2. The Balaban J connectivity index is 1.58. The molecule has 0 unspecified atom stereocenters. The summed E-state index contributed by atoms with van der Waals surface area (Å²) in [6.07, 6.45) is 1.42. The van der Waals surface area contributed by atoms with Crippen LogP contribution in [-0.2, 0) is 17.9 Å². The number of hydrogen-bond donors (Lipinski definition) is 1. The van der Waals surface area contributed by atoms with E-state index in [-0.39, 0.29) is 19.0 Å². The average molecular weight is 393 g/mol. The van der Waals surface area contributed by atoms with Crippen molar-refractivity contribution in [1.82, 2.24) is 15.1 Å². The number of hydrogen-bond acceptors (Lipinski definition) is 6. The van der Waals surface area contributed by atoms with Gasteiger partial charge in [-0.2, -0.15) is 5.10 Å². The first-order valence-electron chi connectivity index (χ1n) is 8.95. The molecule has 0 atom stereocenters. The Morgan fingerprint density at radius 2 is 1.97 bits per heavy atom. The largest absolute Gasteiger partial charge is 0.497 e. The van der Waals surface area contributed by atoms with Crippen LogP contribution in [-0.4, -0.2) is 29.9 Å². The zero-order valence-electron chi connectivity index (χ0n) is 16.0. The maximum atomic E-state index is 12.6. The van der Waals surface area contributed by atoms with Crippen LogP contribution in [0.5, 0.6) is 11.5 Å². The van der Waals surface area contributed by atoms with Crippen LogP contribution in [0, 0.1) is 0 Å². The molecule has 0 saturated heterocycles. The standard InChI is InChI=1S/C21H19N3O5/c1-27-14-7-8-17(28-2)13(9-14)10-22-19(25)12-24-20-15-5-3-4-6-18(15)29-21(26)16(20)11-23-24/h3-9,11H,10,12H2,1-2H3,(H,22,25). The number of carbonyl (C=O) groups excluding carboxylic acids is 1. The maximum Gasteiger partial charge on any atom is 0.347 e. The number of rotatable bonds is 6. The second-order valence-corrected chi connectivity index (χ2v) is 6.40. The monoisotopic (exact) mass is 393 g/mol. The van der Waals surface area contributed by atoms with Crippen molar-refractivity contribution in [3.05, 3.63) is 64.6 Å². The van der Waals surface area contributed by atoms with Gasteiger partial charge in [-0.15, -0.1) is 0 Å². The molecular weight excluding hydrogens is 374 g/mol. The lowest BCUT2D eigenvalue weighted by Gasteiger charge is -2.12. The fraction of sp³-hybridized carbons (Fsp3) is 0.190. The predicted octanol–water partition coefficient (Wildman–Crippen LogP) is 2.48. The van der Waals surface area contributed by atoms with E-state index in [0.29, 0.717) is 28.0 Å². The Morgan fingerprint density at radius 1 is 1.14 bits per heavy atom. The molecule has 0 saturated carbocycles. The molecule has 0 aliphatic heterocycles. The number of benzene rings is 2. The molecule has 29 heavy (non-hydrogen) atoms. The third-order valence-corrected chi connectivity index (χ3v) is 4.66. The molecule has 4 rings (SSSR count). The van der Waals surface area contributed by atoms with Gasteiger partial charge < -0.3 is 19.2 Å². The number of ether oxygens (including phenoxy) is 2. The number of methoxy groups -OCH3 is 2. The molecule has 0 aliphatic rings. The van der Waals surface area contributed by atoms with Gasteiger partial charge in [0.1, 0.15) is 29.0 Å². The average Bonchev–Trinajstić information content (AvgIpc) is 3.16. The molecule has 4 aromatic rings. The zero-order valence-corrected chi connectivity index (χ0v) is 16.0. The van der Waals surface area contributed by atoms with E-state index in [9.17, 15) is 9.59 Å². The highest BCUT2D eigenvalue weighted by molar-refractivity contribution is 6.02. The Kier molecular flexibility index (Phi) is 4.90. The van der Waals surface area contributed by atoms with Crippen LogP contribution in [0.4, 0.5) is 0 Å². The molecule has 0 aliphatic carbocycles. The lowest BCUT2D eigenvalue weighted by molar-refractivity contribution is -0.121. The van der Waals surface area contributed by atoms with Crippen molar-refractivity contribution in [2.24, 2.45) is 0 Å². The highest BCUT2D eigenvalue weighted by atomic mass is 16.5. The molecule has 2 heterocycles. The molecular formula is C21H19N3O5. The number of fused-ring (bicyclic) bond motifs is 3. The summed E-state index contributed by atoms with van der Waals surface area (Å²) < 4.78 is 17.4. The number of carbonyl (C=O) groups is 1. The van der Waals surface area contributed by atoms with Crippen LogP contribution in [0.1, 0.15) is 5.56 Å². The second kappa shape index (κ2) is 7.67. The summed E-state index contributed by atoms with van der Waals surface area (Å²) >= 11 is 0. The van der Waals surface area contributed by atoms with E-state index in [2.05, 4.69) is 10.4 Å². The van der Waals surface area contributed by atoms with E-state index in [4.69, 9.17) is 13.9 Å². The molecule has 0 spiro atoms. The Morgan fingerprint density at radius 3 is 2.76 bits per heavy atom. The van der Waals surface area contributed by atoms with E-state index in [0.717, 1.165) is 10.9 Å². The van der Waals surface area contributed by atoms with Crippen LogP contribution in [0.25, 0.3) is 21.9 Å². The van der Waals surface area contributed by atoms with Gasteiger partial charge in [-0.05, 0) is 30.3 Å². The van der Waals surface area contributed by atoms with Gasteiger partial charge in [-0.1, -0.05) is 12.1 Å². The van der Waals surface area contributed by atoms with Gasteiger partial charge in [0.2, 0.25) is 5.91 Å². The van der Waals surface area contributed by atoms with Gasteiger partial charge >= 0.3 is 5.63 Å². The van der Waals surface area contributed by atoms with Gasteiger partial charge in [-0.25, -0.2) is 4.79 Å². The molecule has 148 valence electrons. The van der Waals surface area contributed by atoms with Gasteiger partial charge in [-0.3, -0.25) is 9.48 Å². The smallest absolute Gasteiger partial charge is 0.347 e. The van der Waals surface area contributed by atoms with Crippen molar-refractivity contribution in [3.63, 3.8) is 0 Å². The summed E-state index contributed by atoms with van der Waals surface area (Å²) in [7, 11) is 3.15. The van der Waals surface area contributed by atoms with Gasteiger partial charge in [0.25, 0.3) is 0 Å². The summed E-state index contributed by atoms with van der Waals surface area (Å²) in [5.41, 5.74) is 1.34. The van der Waals surface area contributed by atoms with Crippen LogP contribution >= 0.6 is 0 Å². The highest BCUT2D eigenvalue weighted by Crippen LogP contribution is 2.24. The molecule has 2 aromatic carbocycles. The van der Waals surface area contributed by atoms with E-state index < -0.39 is 5.63 Å². The lowest BCUT2D eigenvalue weighted by Crippen LogP contribution is -2.27. The minimum absolute atomic E-state index is 0.0385. The van der Waals surface area contributed by atoms with Crippen molar-refractivity contribution in [3.8, 4) is 11.5 Å². The molecule has 1 N–H and O–H groups in total. The second-order valence-electron chi connectivity index (χ2n) is 6.40. The SMILES string of the molecule is COc1ccc(OC)c(CNC(=O)Cn2ncc3c(=O)oc4ccccc4c32)c1. The summed E-state index contributed by atoms with van der Waals surface area (Å²) in [4.78, 5) is 24.7. The highest BCUT2D eigenvalue weighted by Gasteiger charge is 2.15. The minimum atomic E-state index is -0.480. The van der Waals surface area contributed by atoms with Gasteiger partial charge in [0.05, 0.1) is 25.9 Å². The summed E-state index contributed by atoms with van der Waals surface area (Å²) in [5, 5.41) is 8.13. The molecule has 0 bridgehead atoms. The van der Waals surface area contributed by atoms with E-state index in [1.54, 1.807) is 44.6 Å². The maximum absolute atomic E-state index is 12.6. The van der Waals surface area contributed by atoms with Crippen molar-refractivity contribution >= 4 is 27.8 Å². The minimum Gasteiger partial charge on any atom is -0.497 e. The van der Waals surface area contributed by atoms with Crippen LogP contribution in [0.15, 0.2) is 57.9 Å². The normalized spacial score (nSPS) is 11.0. The first-order valence-corrected chi connectivity index (χ1v) is 8.95. The molecule has 0 fully saturated rings. The van der Waals surface area contributed by atoms with E-state index in [1.165, 1.54) is 10.9 Å². The molecule has 8 heteroatoms. The summed E-state index contributed by atoms with van der Waals surface area (Å²) in [6.45, 7) is 0.227. The van der Waals surface area contributed by atoms with Crippen molar-refractivity contribution in [1.29, 1.82) is 0 Å². The number of aromatic nitrogens is 2. The Bertz CT molecular complexity index is 1260. The van der Waals surface area contributed by atoms with Gasteiger partial charge in [0.15, 0.2) is 0 Å². The zero-order chi connectivity index (χ0) is 20.4. The fourth-order valence-electron chi connectivity index (χ4n) is 3.25. The van der Waals surface area contributed by atoms with Crippen molar-refractivity contribution in [2.45, 2.75) is 13.1 Å². The molecule has 0 radical (unpaired) electrons. The van der Waals surface area contributed by atoms with Crippen LogP contribution < -0.4 is 20.4 Å². The number of para-hydroxylation sites is 1.